The molecule has 0 fully saturated rings. The van der Waals surface area contributed by atoms with Gasteiger partial charge < -0.3 is 9.15 Å². The van der Waals surface area contributed by atoms with E-state index in [1.807, 2.05) is 19.1 Å². The van der Waals surface area contributed by atoms with Gasteiger partial charge >= 0.3 is 0 Å². The molecule has 4 rings (SSSR count). The number of alkyl halides is 1. The first-order valence-electron chi connectivity index (χ1n) is 11.3. The van der Waals surface area contributed by atoms with Crippen LogP contribution in [0.4, 0.5) is 10.1 Å². The third-order valence-electron chi connectivity index (χ3n) is 6.01. The fourth-order valence-electron chi connectivity index (χ4n) is 4.22. The number of carbonyl (C=O) groups is 1. The van der Waals surface area contributed by atoms with E-state index in [0.717, 1.165) is 52.1 Å². The van der Waals surface area contributed by atoms with E-state index in [2.05, 4.69) is 0 Å². The summed E-state index contributed by atoms with van der Waals surface area (Å²) >= 11 is 0. The van der Waals surface area contributed by atoms with Crippen LogP contribution in [0.5, 0.6) is 5.75 Å². The molecule has 0 amide bonds. The van der Waals surface area contributed by atoms with Crippen molar-refractivity contribution in [2.45, 2.75) is 57.9 Å². The van der Waals surface area contributed by atoms with Crippen LogP contribution in [0, 0.1) is 13.8 Å². The maximum atomic E-state index is 14.3. The van der Waals surface area contributed by atoms with Gasteiger partial charge in [-0.25, -0.2) is 4.39 Å². The number of ether oxygens (including phenoxy) is 1. The summed E-state index contributed by atoms with van der Waals surface area (Å²) in [6.45, 7) is 4.67. The Balaban J connectivity index is 1.76. The largest absolute Gasteiger partial charge is 0.487 e. The van der Waals surface area contributed by atoms with Crippen molar-refractivity contribution >= 4 is 22.0 Å². The zero-order chi connectivity index (χ0) is 24.5. The topological polar surface area (TPSA) is 76.8 Å². The first kappa shape index (κ1) is 24.0. The van der Waals surface area contributed by atoms with Crippen LogP contribution in [0.25, 0.3) is 0 Å². The molecular formula is C26H28FNO5S. The van der Waals surface area contributed by atoms with E-state index in [4.69, 9.17) is 9.15 Å². The van der Waals surface area contributed by atoms with E-state index >= 15 is 0 Å². The number of fused-ring (bicyclic) bond motifs is 1. The molecule has 0 saturated heterocycles. The molecular weight excluding hydrogens is 457 g/mol. The molecule has 0 spiro atoms. The second-order valence-electron chi connectivity index (χ2n) is 8.72. The second-order valence-corrected chi connectivity index (χ2v) is 10.5. The summed E-state index contributed by atoms with van der Waals surface area (Å²) in [7, 11) is -4.16. The minimum absolute atomic E-state index is 0.176. The molecule has 8 heteroatoms. The molecule has 34 heavy (non-hydrogen) atoms. The Labute approximate surface area is 199 Å². The lowest BCUT2D eigenvalue weighted by Crippen LogP contribution is -2.35. The highest BCUT2D eigenvalue weighted by Gasteiger charge is 2.32. The van der Waals surface area contributed by atoms with Crippen molar-refractivity contribution in [3.63, 3.8) is 0 Å². The van der Waals surface area contributed by atoms with Crippen molar-refractivity contribution < 1.29 is 26.8 Å². The molecule has 6 nitrogen and oxygen atoms in total. The maximum Gasteiger partial charge on any atom is 0.298 e. The maximum absolute atomic E-state index is 14.3. The normalized spacial score (nSPS) is 14.0. The van der Waals surface area contributed by atoms with Gasteiger partial charge in [0.05, 0.1) is 12.2 Å². The van der Waals surface area contributed by atoms with Gasteiger partial charge in [-0.2, -0.15) is 8.42 Å². The first-order valence-corrected chi connectivity index (χ1v) is 12.7. The number of benzene rings is 2. The Morgan fingerprint density at radius 2 is 1.85 bits per heavy atom. The highest BCUT2D eigenvalue weighted by molar-refractivity contribution is 7.92. The number of hydrogen-bond donors (Lipinski definition) is 0. The molecule has 1 atom stereocenters. The summed E-state index contributed by atoms with van der Waals surface area (Å²) in [4.78, 5) is 11.0. The predicted octanol–water partition coefficient (Wildman–Crippen LogP) is 5.33. The van der Waals surface area contributed by atoms with Gasteiger partial charge in [0.1, 0.15) is 30.6 Å². The van der Waals surface area contributed by atoms with Crippen LogP contribution < -0.4 is 9.04 Å². The number of nitrogens with zero attached hydrogens (tertiary/aromatic N) is 1. The average molecular weight is 486 g/mol. The zero-order valence-electron chi connectivity index (χ0n) is 19.5. The van der Waals surface area contributed by atoms with E-state index in [0.29, 0.717) is 22.8 Å². The number of sulfonamides is 1. The van der Waals surface area contributed by atoms with Gasteiger partial charge in [-0.1, -0.05) is 12.1 Å². The fraction of sp³-hybridized carbons (Fsp3) is 0.346. The van der Waals surface area contributed by atoms with Gasteiger partial charge in [0.2, 0.25) is 5.09 Å². The zero-order valence-corrected chi connectivity index (χ0v) is 20.3. The summed E-state index contributed by atoms with van der Waals surface area (Å²) in [6, 6.07) is 11.9. The molecule has 0 N–H and O–H groups in total. The average Bonchev–Trinajstić information content (AvgIpc) is 3.44. The Kier molecular flexibility index (Phi) is 6.79. The Morgan fingerprint density at radius 1 is 1.12 bits per heavy atom. The Bertz CT molecular complexity index is 1310. The molecule has 1 aliphatic rings. The van der Waals surface area contributed by atoms with Crippen LogP contribution in [-0.2, 0) is 29.5 Å². The summed E-state index contributed by atoms with van der Waals surface area (Å²) in [5.74, 6) is 0.818. The van der Waals surface area contributed by atoms with Gasteiger partial charge in [0, 0.05) is 5.56 Å². The number of aldehydes is 1. The molecule has 0 aliphatic heterocycles. The molecule has 3 aromatic rings. The van der Waals surface area contributed by atoms with E-state index in [9.17, 15) is 17.6 Å². The first-order chi connectivity index (χ1) is 16.2. The number of aryl methyl sites for hydroxylation is 4. The summed E-state index contributed by atoms with van der Waals surface area (Å²) in [5.41, 5.74) is 4.76. The monoisotopic (exact) mass is 485 g/mol. The van der Waals surface area contributed by atoms with Crippen LogP contribution >= 0.6 is 0 Å². The molecule has 0 radical (unpaired) electrons. The van der Waals surface area contributed by atoms with E-state index in [-0.39, 0.29) is 18.2 Å². The van der Waals surface area contributed by atoms with Crippen LogP contribution in [0.1, 0.15) is 51.7 Å². The van der Waals surface area contributed by atoms with Gasteiger partial charge in [0.15, 0.2) is 0 Å². The number of anilines is 1. The third kappa shape index (κ3) is 4.87. The molecule has 0 saturated carbocycles. The van der Waals surface area contributed by atoms with E-state index in [1.54, 1.807) is 31.2 Å². The summed E-state index contributed by atoms with van der Waals surface area (Å²) in [5, 5.41) is -0.239. The lowest BCUT2D eigenvalue weighted by atomic mass is 10.1. The van der Waals surface area contributed by atoms with Crippen molar-refractivity contribution in [3.05, 3.63) is 76.0 Å². The Morgan fingerprint density at radius 3 is 2.47 bits per heavy atom. The van der Waals surface area contributed by atoms with Crippen LogP contribution in [-0.4, -0.2) is 27.4 Å². The van der Waals surface area contributed by atoms with Crippen molar-refractivity contribution in [2.24, 2.45) is 0 Å². The minimum Gasteiger partial charge on any atom is -0.487 e. The fourth-order valence-corrected chi connectivity index (χ4v) is 5.72. The number of rotatable bonds is 9. The Hall–Kier alpha value is -3.13. The molecule has 2 aromatic carbocycles. The molecule has 1 aliphatic carbocycles. The van der Waals surface area contributed by atoms with Crippen LogP contribution in [0.3, 0.4) is 0 Å². The predicted molar refractivity (Wildman–Crippen MR) is 128 cm³/mol. The van der Waals surface area contributed by atoms with E-state index in [1.165, 1.54) is 13.0 Å². The van der Waals surface area contributed by atoms with Crippen LogP contribution in [0.2, 0.25) is 0 Å². The van der Waals surface area contributed by atoms with Crippen molar-refractivity contribution in [1.82, 2.24) is 0 Å². The lowest BCUT2D eigenvalue weighted by molar-refractivity contribution is 0.112. The molecule has 180 valence electrons. The number of carbonyl (C=O) groups excluding carboxylic acids is 1. The van der Waals surface area contributed by atoms with Gasteiger partial charge in [-0.15, -0.1) is 0 Å². The SMILES string of the molecule is Cc1ccc(S(=O)(=O)N(CC(C)F)c2cc3c(cc2OCc2ccc(C=O)cc2C)CCC3)o1. The van der Waals surface area contributed by atoms with Crippen molar-refractivity contribution in [2.75, 3.05) is 10.8 Å². The summed E-state index contributed by atoms with van der Waals surface area (Å²) in [6.07, 6.45) is 2.04. The summed E-state index contributed by atoms with van der Waals surface area (Å²) < 4.78 is 53.9. The van der Waals surface area contributed by atoms with Gasteiger partial charge in [-0.05, 0) is 92.6 Å². The standard InChI is InChI=1S/C26H28FNO5S/c1-17-11-20(15-29)8-9-23(17)16-32-25-13-22-6-4-5-21(22)12-24(25)28(14-18(2)27)34(30,31)26-10-7-19(3)33-26/h7-13,15,18H,4-6,14,16H2,1-3H3. The number of hydrogen-bond acceptors (Lipinski definition) is 5. The highest BCUT2D eigenvalue weighted by atomic mass is 32.2. The highest BCUT2D eigenvalue weighted by Crippen LogP contribution is 2.39. The van der Waals surface area contributed by atoms with Crippen molar-refractivity contribution in [1.29, 1.82) is 0 Å². The molecule has 1 aromatic heterocycles. The smallest absolute Gasteiger partial charge is 0.298 e. The molecule has 1 unspecified atom stereocenters. The third-order valence-corrected chi connectivity index (χ3v) is 7.66. The lowest BCUT2D eigenvalue weighted by Gasteiger charge is -2.27. The van der Waals surface area contributed by atoms with Crippen LogP contribution in [0.15, 0.2) is 52.0 Å². The number of furan rings is 1. The van der Waals surface area contributed by atoms with E-state index < -0.39 is 16.2 Å². The van der Waals surface area contributed by atoms with Crippen molar-refractivity contribution in [3.8, 4) is 5.75 Å². The van der Waals surface area contributed by atoms with Gasteiger partial charge in [0.25, 0.3) is 10.0 Å². The number of halogens is 1. The molecule has 1 heterocycles. The minimum atomic E-state index is -4.16. The quantitative estimate of drug-likeness (QED) is 0.383. The molecule has 0 bridgehead atoms. The van der Waals surface area contributed by atoms with Gasteiger partial charge in [-0.3, -0.25) is 9.10 Å². The second kappa shape index (κ2) is 9.62.